The van der Waals surface area contributed by atoms with Gasteiger partial charge in [-0.25, -0.2) is 0 Å². The summed E-state index contributed by atoms with van der Waals surface area (Å²) in [5, 5.41) is 8.51. The van der Waals surface area contributed by atoms with Crippen molar-refractivity contribution in [1.82, 2.24) is 0 Å². The summed E-state index contributed by atoms with van der Waals surface area (Å²) in [4.78, 5) is 10.3. The van der Waals surface area contributed by atoms with Gasteiger partial charge in [0.1, 0.15) is 0 Å². The summed E-state index contributed by atoms with van der Waals surface area (Å²) in [6.45, 7) is 2.18. The smallest absolute Gasteiger partial charge is 0.303 e. The first-order chi connectivity index (χ1) is 11.3. The van der Waals surface area contributed by atoms with E-state index in [9.17, 15) is 4.79 Å². The van der Waals surface area contributed by atoms with E-state index in [2.05, 4.69) is 25.2 Å². The molecule has 0 aromatic carbocycles. The van der Waals surface area contributed by atoms with E-state index in [1.165, 1.54) is 12.8 Å². The van der Waals surface area contributed by atoms with Crippen LogP contribution in [0.4, 0.5) is 0 Å². The number of carboxylic acid groups (broad SMARTS) is 1. The average Bonchev–Trinajstić information content (AvgIpc) is 2.53. The number of rotatable bonds is 15. The van der Waals surface area contributed by atoms with Gasteiger partial charge in [0.25, 0.3) is 0 Å². The molecule has 3 heteroatoms. The van der Waals surface area contributed by atoms with Gasteiger partial charge in [-0.15, -0.1) is 0 Å². The molecular formula is C20H32O3. The Morgan fingerprint density at radius 3 is 2.43 bits per heavy atom. The third-order valence-corrected chi connectivity index (χ3v) is 3.25. The predicted octanol–water partition coefficient (Wildman–Crippen LogP) is 6.15. The van der Waals surface area contributed by atoms with E-state index >= 15 is 0 Å². The Bertz CT molecular complexity index is 378. The molecular weight excluding hydrogens is 288 g/mol. The average molecular weight is 320 g/mol. The summed E-state index contributed by atoms with van der Waals surface area (Å²) in [5.74, 6) is -0.691. The standard InChI is InChI=1S/C20H32O3/c1-2-3-4-15-18-23-19-16-13-11-9-7-5-6-8-10-12-14-17-20(21)22/h5,7,11,13,15-16,18-19H,2-4,6,8-10,12,14,17H2,1H3,(H,21,22)/b7-5-,13-11-,18-15+,19-16+. The maximum absolute atomic E-state index is 10.3. The first kappa shape index (κ1) is 21.2. The molecule has 3 nitrogen and oxygen atoms in total. The summed E-state index contributed by atoms with van der Waals surface area (Å²) in [5.41, 5.74) is 0. The highest BCUT2D eigenvalue weighted by Gasteiger charge is 1.95. The van der Waals surface area contributed by atoms with Gasteiger partial charge in [-0.3, -0.25) is 4.79 Å². The number of carboxylic acids is 1. The fourth-order valence-corrected chi connectivity index (χ4v) is 1.92. The third-order valence-electron chi connectivity index (χ3n) is 3.25. The summed E-state index contributed by atoms with van der Waals surface area (Å²) >= 11 is 0. The van der Waals surface area contributed by atoms with Crippen LogP contribution >= 0.6 is 0 Å². The van der Waals surface area contributed by atoms with E-state index in [4.69, 9.17) is 9.84 Å². The summed E-state index contributed by atoms with van der Waals surface area (Å²) in [6.07, 6.45) is 25.6. The maximum atomic E-state index is 10.3. The summed E-state index contributed by atoms with van der Waals surface area (Å²) < 4.78 is 5.22. The second-order valence-corrected chi connectivity index (χ2v) is 5.46. The van der Waals surface area contributed by atoms with Crippen LogP contribution in [-0.2, 0) is 9.53 Å². The van der Waals surface area contributed by atoms with Crippen LogP contribution in [0.1, 0.15) is 71.1 Å². The van der Waals surface area contributed by atoms with Gasteiger partial charge >= 0.3 is 5.97 Å². The highest BCUT2D eigenvalue weighted by atomic mass is 16.5. The molecule has 0 bridgehead atoms. The van der Waals surface area contributed by atoms with E-state index in [1.807, 2.05) is 18.2 Å². The van der Waals surface area contributed by atoms with Gasteiger partial charge in [0.2, 0.25) is 0 Å². The van der Waals surface area contributed by atoms with Crippen molar-refractivity contribution in [2.45, 2.75) is 71.1 Å². The van der Waals surface area contributed by atoms with Crippen molar-refractivity contribution in [3.8, 4) is 0 Å². The van der Waals surface area contributed by atoms with Crippen LogP contribution in [0.3, 0.4) is 0 Å². The number of allylic oxidation sites excluding steroid dienone is 6. The molecule has 23 heavy (non-hydrogen) atoms. The second kappa shape index (κ2) is 18.3. The van der Waals surface area contributed by atoms with E-state index in [-0.39, 0.29) is 0 Å². The zero-order valence-corrected chi connectivity index (χ0v) is 14.5. The van der Waals surface area contributed by atoms with Crippen molar-refractivity contribution < 1.29 is 14.6 Å². The summed E-state index contributed by atoms with van der Waals surface area (Å²) in [7, 11) is 0. The molecule has 0 aliphatic carbocycles. The number of hydrogen-bond acceptors (Lipinski definition) is 2. The molecule has 1 N–H and O–H groups in total. The van der Waals surface area contributed by atoms with Crippen molar-refractivity contribution in [2.24, 2.45) is 0 Å². The third kappa shape index (κ3) is 20.2. The van der Waals surface area contributed by atoms with Crippen molar-refractivity contribution in [3.05, 3.63) is 49.0 Å². The second-order valence-electron chi connectivity index (χ2n) is 5.46. The minimum absolute atomic E-state index is 0.298. The molecule has 0 aromatic rings. The van der Waals surface area contributed by atoms with Crippen LogP contribution < -0.4 is 0 Å². The quantitative estimate of drug-likeness (QED) is 0.170. The van der Waals surface area contributed by atoms with Crippen LogP contribution in [-0.4, -0.2) is 11.1 Å². The first-order valence-corrected chi connectivity index (χ1v) is 8.76. The van der Waals surface area contributed by atoms with Crippen molar-refractivity contribution in [2.75, 3.05) is 0 Å². The van der Waals surface area contributed by atoms with Crippen LogP contribution in [0.15, 0.2) is 49.0 Å². The zero-order valence-electron chi connectivity index (χ0n) is 14.5. The summed E-state index contributed by atoms with van der Waals surface area (Å²) in [6, 6.07) is 0. The van der Waals surface area contributed by atoms with Crippen molar-refractivity contribution in [1.29, 1.82) is 0 Å². The molecule has 0 aromatic heterocycles. The van der Waals surface area contributed by atoms with E-state index < -0.39 is 5.97 Å². The normalized spacial score (nSPS) is 12.2. The molecule has 0 unspecified atom stereocenters. The monoisotopic (exact) mass is 320 g/mol. The minimum Gasteiger partial charge on any atom is -0.481 e. The van der Waals surface area contributed by atoms with Crippen molar-refractivity contribution in [3.63, 3.8) is 0 Å². The van der Waals surface area contributed by atoms with Gasteiger partial charge in [-0.05, 0) is 50.7 Å². The minimum atomic E-state index is -0.691. The number of carbonyl (C=O) groups is 1. The van der Waals surface area contributed by atoms with Gasteiger partial charge < -0.3 is 9.84 Å². The fraction of sp³-hybridized carbons (Fsp3) is 0.550. The molecule has 0 aliphatic rings. The van der Waals surface area contributed by atoms with Gasteiger partial charge in [0.15, 0.2) is 0 Å². The number of unbranched alkanes of at least 4 members (excludes halogenated alkanes) is 6. The lowest BCUT2D eigenvalue weighted by Gasteiger charge is -1.96. The maximum Gasteiger partial charge on any atom is 0.303 e. The van der Waals surface area contributed by atoms with Crippen LogP contribution in [0.25, 0.3) is 0 Å². The molecule has 0 rings (SSSR count). The van der Waals surface area contributed by atoms with Crippen LogP contribution in [0, 0.1) is 0 Å². The van der Waals surface area contributed by atoms with Crippen molar-refractivity contribution >= 4 is 5.97 Å². The number of aliphatic carboxylic acids is 1. The zero-order chi connectivity index (χ0) is 17.0. The Morgan fingerprint density at radius 2 is 1.65 bits per heavy atom. The molecule has 0 saturated carbocycles. The molecule has 0 saturated heterocycles. The van der Waals surface area contributed by atoms with E-state index in [0.717, 1.165) is 44.9 Å². The fourth-order valence-electron chi connectivity index (χ4n) is 1.92. The molecule has 0 spiro atoms. The highest BCUT2D eigenvalue weighted by molar-refractivity contribution is 5.66. The Hall–Kier alpha value is -1.77. The molecule has 130 valence electrons. The first-order valence-electron chi connectivity index (χ1n) is 8.76. The Labute approximate surface area is 141 Å². The van der Waals surface area contributed by atoms with Crippen LogP contribution in [0.5, 0.6) is 0 Å². The molecule has 0 heterocycles. The van der Waals surface area contributed by atoms with Gasteiger partial charge in [0.05, 0.1) is 12.5 Å². The lowest BCUT2D eigenvalue weighted by molar-refractivity contribution is -0.137. The lowest BCUT2D eigenvalue weighted by Crippen LogP contribution is -1.93. The predicted molar refractivity (Wildman–Crippen MR) is 97.1 cm³/mol. The Kier molecular flexibility index (Phi) is 16.9. The Morgan fingerprint density at radius 1 is 0.870 bits per heavy atom. The molecule has 0 aliphatic heterocycles. The number of hydrogen-bond donors (Lipinski definition) is 1. The SMILES string of the molecule is CCCC/C=C/O/C=C/C=C\C/C=C\CCCCCCC(=O)O. The molecule has 0 radical (unpaired) electrons. The van der Waals surface area contributed by atoms with E-state index in [0.29, 0.717) is 6.42 Å². The van der Waals surface area contributed by atoms with Gasteiger partial charge in [0, 0.05) is 6.42 Å². The molecule has 0 amide bonds. The largest absolute Gasteiger partial charge is 0.481 e. The molecule has 0 fully saturated rings. The lowest BCUT2D eigenvalue weighted by atomic mass is 10.1. The Balaban J connectivity index is 3.38. The topological polar surface area (TPSA) is 46.5 Å². The van der Waals surface area contributed by atoms with E-state index in [1.54, 1.807) is 12.5 Å². The van der Waals surface area contributed by atoms with Crippen LogP contribution in [0.2, 0.25) is 0 Å². The number of ether oxygens (including phenoxy) is 1. The van der Waals surface area contributed by atoms with Gasteiger partial charge in [-0.2, -0.15) is 0 Å². The molecule has 0 atom stereocenters. The highest BCUT2D eigenvalue weighted by Crippen LogP contribution is 2.06. The van der Waals surface area contributed by atoms with Gasteiger partial charge in [-0.1, -0.05) is 50.5 Å².